The van der Waals surface area contributed by atoms with Crippen LogP contribution < -0.4 is 110 Å². The van der Waals surface area contributed by atoms with Crippen LogP contribution in [0.25, 0.3) is 0 Å². The van der Waals surface area contributed by atoms with Crippen LogP contribution in [0.2, 0.25) is 0 Å². The van der Waals surface area contributed by atoms with Crippen LogP contribution in [0, 0.1) is 0 Å². The molecule has 6 heteroatoms. The van der Waals surface area contributed by atoms with E-state index in [1.165, 1.54) is 0 Å². The van der Waals surface area contributed by atoms with Crippen molar-refractivity contribution in [2.75, 3.05) is 0 Å². The van der Waals surface area contributed by atoms with Gasteiger partial charge in [-0.15, -0.1) is 0 Å². The summed E-state index contributed by atoms with van der Waals surface area (Å²) in [5, 5.41) is 16.7. The van der Waals surface area contributed by atoms with Crippen LogP contribution >= 0.6 is 0 Å². The number of hydrogen-bond donors (Lipinski definition) is 0. The molecule has 0 unspecified atom stereocenters. The van der Waals surface area contributed by atoms with Gasteiger partial charge < -0.3 is 15.0 Å². The predicted molar refractivity (Wildman–Crippen MR) is 5.40 cm³/mol. The molecule has 0 aliphatic heterocycles. The maximum Gasteiger partial charge on any atom is 1.00 e. The van der Waals surface area contributed by atoms with Crippen molar-refractivity contribution in [2.24, 2.45) is 0 Å². The minimum Gasteiger partial charge on any atom is -0.652 e. The first kappa shape index (κ1) is 22.7. The predicted octanol–water partition coefficient (Wildman–Crippen LogP) is -11.4. The van der Waals surface area contributed by atoms with Gasteiger partial charge in [-0.2, -0.15) is 0 Å². The summed E-state index contributed by atoms with van der Waals surface area (Å²) in [7, 11) is 0. The molecule has 0 rings (SSSR count). The zero-order chi connectivity index (χ0) is 3.58. The van der Waals surface area contributed by atoms with Gasteiger partial charge in [-0.05, 0) is 6.16 Å². The van der Waals surface area contributed by atoms with E-state index in [4.69, 9.17) is 15.0 Å². The average molecular weight is 129 g/mol. The molecule has 0 aromatic carbocycles. The molecule has 0 fully saturated rings. The Labute approximate surface area is 118 Å². The van der Waals surface area contributed by atoms with Gasteiger partial charge >= 0.3 is 99.8 Å². The van der Waals surface area contributed by atoms with E-state index >= 15 is 0 Å². The number of carboxylic acid groups (broad SMARTS) is 2. The van der Waals surface area contributed by atoms with Crippen LogP contribution in [0.15, 0.2) is 0 Å². The van der Waals surface area contributed by atoms with Gasteiger partial charge in [0.1, 0.15) is 0 Å². The fraction of sp³-hybridized carbons (Fsp3) is 0. The quantitative estimate of drug-likeness (QED) is 0.305. The van der Waals surface area contributed by atoms with Crippen molar-refractivity contribution in [1.29, 1.82) is 0 Å². The molecule has 0 amide bonds. The first-order valence-electron chi connectivity index (χ1n) is 0.612. The largest absolute Gasteiger partial charge is 1.00 e. The molecule has 0 N–H and O–H groups in total. The fourth-order valence-corrected chi connectivity index (χ4v) is 0. The Balaban J connectivity index is -0.0000000150. The summed E-state index contributed by atoms with van der Waals surface area (Å²) in [5.41, 5.74) is 0. The Hall–Kier alpha value is 2.50. The first-order valence-corrected chi connectivity index (χ1v) is 0.612. The SMILES string of the molecule is O=C([O-])[O-].[K+].[Li+].[Na+]. The molecule has 7 heavy (non-hydrogen) atoms. The summed E-state index contributed by atoms with van der Waals surface area (Å²) in [5.74, 6) is 0. The molecule has 0 aliphatic carbocycles. The topological polar surface area (TPSA) is 63.2 Å². The number of carbonyl (C=O) groups is 1. The third kappa shape index (κ3) is 57.4. The van der Waals surface area contributed by atoms with Crippen LogP contribution in [0.5, 0.6) is 0 Å². The summed E-state index contributed by atoms with van der Waals surface area (Å²) in [6.45, 7) is 0. The Morgan fingerprint density at radius 2 is 1.29 bits per heavy atom. The van der Waals surface area contributed by atoms with Crippen molar-refractivity contribution < 1.29 is 115 Å². The summed E-state index contributed by atoms with van der Waals surface area (Å²) < 4.78 is 0. The van der Waals surface area contributed by atoms with Crippen LogP contribution in [0.4, 0.5) is 4.79 Å². The molecule has 0 aromatic rings. The van der Waals surface area contributed by atoms with Crippen molar-refractivity contribution in [1.82, 2.24) is 0 Å². The molecule has 24 valence electrons. The zero-order valence-corrected chi connectivity index (χ0v) is 9.85. The van der Waals surface area contributed by atoms with Gasteiger partial charge in [-0.1, -0.05) is 0 Å². The van der Waals surface area contributed by atoms with Crippen molar-refractivity contribution in [3.63, 3.8) is 0 Å². The Kier molecular flexibility index (Phi) is 51.2. The minimum atomic E-state index is -2.33. The van der Waals surface area contributed by atoms with Gasteiger partial charge in [0.2, 0.25) is 0 Å². The van der Waals surface area contributed by atoms with E-state index < -0.39 is 6.16 Å². The van der Waals surface area contributed by atoms with Crippen molar-refractivity contribution in [3.8, 4) is 0 Å². The second-order valence-corrected chi connectivity index (χ2v) is 0.250. The standard InChI is InChI=1S/CH2O3.K.Li.Na/c2-1(3)4;;;/h(H2,2,3,4);;;/q;3*+1/p-2. The van der Waals surface area contributed by atoms with Crippen LogP contribution in [0.1, 0.15) is 0 Å². The van der Waals surface area contributed by atoms with Crippen LogP contribution in [-0.2, 0) is 0 Å². The Morgan fingerprint density at radius 1 is 1.29 bits per heavy atom. The van der Waals surface area contributed by atoms with Gasteiger partial charge in [0, 0.05) is 0 Å². The van der Waals surface area contributed by atoms with Crippen molar-refractivity contribution >= 4 is 6.16 Å². The molecule has 0 aromatic heterocycles. The van der Waals surface area contributed by atoms with E-state index in [0.717, 1.165) is 0 Å². The summed E-state index contributed by atoms with van der Waals surface area (Å²) >= 11 is 0. The van der Waals surface area contributed by atoms with E-state index in [1.807, 2.05) is 0 Å². The maximum atomic E-state index is 8.33. The Morgan fingerprint density at radius 3 is 1.29 bits per heavy atom. The molecular weight excluding hydrogens is 129 g/mol. The molecular formula is CKLiNaO3+. The summed E-state index contributed by atoms with van der Waals surface area (Å²) in [6, 6.07) is 0. The van der Waals surface area contributed by atoms with Gasteiger partial charge in [0.15, 0.2) is 0 Å². The minimum absolute atomic E-state index is 0. The van der Waals surface area contributed by atoms with Crippen molar-refractivity contribution in [3.05, 3.63) is 0 Å². The summed E-state index contributed by atoms with van der Waals surface area (Å²) in [4.78, 5) is 8.33. The number of hydrogen-bond acceptors (Lipinski definition) is 3. The van der Waals surface area contributed by atoms with E-state index in [1.54, 1.807) is 0 Å². The fourth-order valence-electron chi connectivity index (χ4n) is 0. The molecule has 0 spiro atoms. The number of carbonyl (C=O) groups excluding carboxylic acids is 1. The van der Waals surface area contributed by atoms with E-state index in [9.17, 15) is 0 Å². The molecule has 0 saturated heterocycles. The van der Waals surface area contributed by atoms with Gasteiger partial charge in [0.25, 0.3) is 0 Å². The Bertz CT molecular complexity index is 37.9. The molecule has 0 aliphatic rings. The summed E-state index contributed by atoms with van der Waals surface area (Å²) in [6.07, 6.45) is -2.33. The molecule has 0 bridgehead atoms. The zero-order valence-electron chi connectivity index (χ0n) is 4.72. The van der Waals surface area contributed by atoms with Crippen LogP contribution in [-0.4, -0.2) is 6.16 Å². The monoisotopic (exact) mass is 129 g/mol. The number of rotatable bonds is 0. The second kappa shape index (κ2) is 15.8. The van der Waals surface area contributed by atoms with Crippen LogP contribution in [0.3, 0.4) is 0 Å². The van der Waals surface area contributed by atoms with E-state index in [2.05, 4.69) is 0 Å². The smallest absolute Gasteiger partial charge is 0.652 e. The molecule has 0 saturated carbocycles. The normalized spacial score (nSPS) is 3.43. The van der Waals surface area contributed by atoms with Gasteiger partial charge in [-0.25, -0.2) is 0 Å². The van der Waals surface area contributed by atoms with Crippen molar-refractivity contribution in [2.45, 2.75) is 0 Å². The first-order chi connectivity index (χ1) is 1.73. The van der Waals surface area contributed by atoms with E-state index in [0.29, 0.717) is 0 Å². The molecule has 3 nitrogen and oxygen atoms in total. The molecule has 0 atom stereocenters. The maximum absolute atomic E-state index is 8.33. The van der Waals surface area contributed by atoms with E-state index in [-0.39, 0.29) is 99.8 Å². The van der Waals surface area contributed by atoms with Gasteiger partial charge in [0.05, 0.1) is 0 Å². The average Bonchev–Trinajstić information content (AvgIpc) is 0.811. The molecule has 0 radical (unpaired) electrons. The second-order valence-electron chi connectivity index (χ2n) is 0.250. The van der Waals surface area contributed by atoms with Gasteiger partial charge in [-0.3, -0.25) is 0 Å². The third-order valence-corrected chi connectivity index (χ3v) is 0. The molecule has 0 heterocycles. The third-order valence-electron chi connectivity index (χ3n) is 0.